The Hall–Kier alpha value is -1.07. The molecule has 1 aromatic rings. The first-order valence-corrected chi connectivity index (χ1v) is 7.38. The van der Waals surface area contributed by atoms with E-state index in [1.54, 1.807) is 0 Å². The van der Waals surface area contributed by atoms with Crippen LogP contribution in [0.5, 0.6) is 0 Å². The predicted molar refractivity (Wildman–Crippen MR) is 81.1 cm³/mol. The fourth-order valence-corrected chi connectivity index (χ4v) is 2.85. The summed E-state index contributed by atoms with van der Waals surface area (Å²) >= 11 is 3.44. The molecule has 4 nitrogen and oxygen atoms in total. The minimum Gasteiger partial charge on any atom is -0.365 e. The molecule has 0 atom stereocenters. The highest BCUT2D eigenvalue weighted by Crippen LogP contribution is 2.23. The molecule has 0 aromatic heterocycles. The third-order valence-electron chi connectivity index (χ3n) is 3.50. The Morgan fingerprint density at radius 3 is 2.74 bits per heavy atom. The van der Waals surface area contributed by atoms with Gasteiger partial charge in [-0.2, -0.15) is 0 Å². The van der Waals surface area contributed by atoms with E-state index in [0.717, 1.165) is 41.7 Å². The minimum atomic E-state index is 0.200. The summed E-state index contributed by atoms with van der Waals surface area (Å²) in [6, 6.07) is 5.99. The third-order valence-corrected chi connectivity index (χ3v) is 4.00. The summed E-state index contributed by atoms with van der Waals surface area (Å²) in [5.74, 6) is 0.200. The number of rotatable bonds is 4. The van der Waals surface area contributed by atoms with Crippen molar-refractivity contribution < 1.29 is 4.79 Å². The lowest BCUT2D eigenvalue weighted by atomic mass is 10.1. The van der Waals surface area contributed by atoms with Crippen molar-refractivity contribution in [3.05, 3.63) is 28.2 Å². The summed E-state index contributed by atoms with van der Waals surface area (Å²) < 4.78 is 1.01. The first-order chi connectivity index (χ1) is 9.11. The molecule has 1 aromatic carbocycles. The van der Waals surface area contributed by atoms with Gasteiger partial charge in [0.2, 0.25) is 5.91 Å². The fraction of sp³-hybridized carbons (Fsp3) is 0.500. The van der Waals surface area contributed by atoms with Crippen LogP contribution in [0.15, 0.2) is 22.7 Å². The molecular weight excluding hydrogens is 306 g/mol. The van der Waals surface area contributed by atoms with Gasteiger partial charge < -0.3 is 15.5 Å². The maximum atomic E-state index is 12.1. The number of likely N-dealkylation sites (tertiary alicyclic amines) is 1. The van der Waals surface area contributed by atoms with Crippen LogP contribution in [-0.4, -0.2) is 37.5 Å². The highest BCUT2D eigenvalue weighted by molar-refractivity contribution is 9.10. The molecule has 0 bridgehead atoms. The molecular formula is C14H20BrN3O. The summed E-state index contributed by atoms with van der Waals surface area (Å²) in [4.78, 5) is 16.1. The SMILES string of the molecule is CN(CC(=O)N1CCCC1)c1ccc(Br)cc1CN. The standard InChI is InChI=1S/C14H20BrN3O/c1-17(10-14(19)18-6-2-3-7-18)13-5-4-12(15)8-11(13)9-16/h4-5,8H,2-3,6-7,9-10,16H2,1H3. The number of halogens is 1. The van der Waals surface area contributed by atoms with E-state index in [9.17, 15) is 4.79 Å². The molecule has 2 N–H and O–H groups in total. The first-order valence-electron chi connectivity index (χ1n) is 6.59. The summed E-state index contributed by atoms with van der Waals surface area (Å²) in [7, 11) is 1.94. The van der Waals surface area contributed by atoms with Crippen molar-refractivity contribution in [2.75, 3.05) is 31.6 Å². The van der Waals surface area contributed by atoms with Gasteiger partial charge in [0.05, 0.1) is 6.54 Å². The van der Waals surface area contributed by atoms with Gasteiger partial charge >= 0.3 is 0 Å². The number of nitrogens with zero attached hydrogens (tertiary/aromatic N) is 2. The molecule has 1 amide bonds. The highest BCUT2D eigenvalue weighted by atomic mass is 79.9. The topological polar surface area (TPSA) is 49.6 Å². The van der Waals surface area contributed by atoms with Gasteiger partial charge in [-0.25, -0.2) is 0 Å². The van der Waals surface area contributed by atoms with Crippen molar-refractivity contribution in [3.63, 3.8) is 0 Å². The molecule has 2 rings (SSSR count). The first kappa shape index (κ1) is 14.3. The number of hydrogen-bond donors (Lipinski definition) is 1. The van der Waals surface area contributed by atoms with Crippen LogP contribution >= 0.6 is 15.9 Å². The molecule has 0 spiro atoms. The fourth-order valence-electron chi connectivity index (χ4n) is 2.44. The van der Waals surface area contributed by atoms with E-state index in [2.05, 4.69) is 15.9 Å². The number of amides is 1. The van der Waals surface area contributed by atoms with Crippen molar-refractivity contribution in [1.82, 2.24) is 4.90 Å². The number of nitrogens with two attached hydrogens (primary N) is 1. The smallest absolute Gasteiger partial charge is 0.242 e. The van der Waals surface area contributed by atoms with E-state index in [1.165, 1.54) is 0 Å². The number of anilines is 1. The Labute approximate surface area is 122 Å². The van der Waals surface area contributed by atoms with E-state index in [-0.39, 0.29) is 5.91 Å². The Kier molecular flexibility index (Phi) is 4.82. The van der Waals surface area contributed by atoms with E-state index < -0.39 is 0 Å². The van der Waals surface area contributed by atoms with Crippen LogP contribution in [0.3, 0.4) is 0 Å². The van der Waals surface area contributed by atoms with Gasteiger partial charge in [-0.05, 0) is 36.6 Å². The second-order valence-electron chi connectivity index (χ2n) is 4.92. The Morgan fingerprint density at radius 2 is 2.11 bits per heavy atom. The highest BCUT2D eigenvalue weighted by Gasteiger charge is 2.19. The largest absolute Gasteiger partial charge is 0.365 e. The maximum Gasteiger partial charge on any atom is 0.242 e. The number of likely N-dealkylation sites (N-methyl/N-ethyl adjacent to an activating group) is 1. The predicted octanol–water partition coefficient (Wildman–Crippen LogP) is 1.97. The molecule has 5 heteroatoms. The van der Waals surface area contributed by atoms with Crippen LogP contribution in [0, 0.1) is 0 Å². The molecule has 1 aliphatic heterocycles. The molecule has 1 fully saturated rings. The van der Waals surface area contributed by atoms with Crippen molar-refractivity contribution in [2.24, 2.45) is 5.73 Å². The molecule has 1 saturated heterocycles. The van der Waals surface area contributed by atoms with Crippen LogP contribution in [0.25, 0.3) is 0 Å². The van der Waals surface area contributed by atoms with Gasteiger partial charge in [0.1, 0.15) is 0 Å². The van der Waals surface area contributed by atoms with Crippen molar-refractivity contribution in [2.45, 2.75) is 19.4 Å². The van der Waals surface area contributed by atoms with Gasteiger partial charge in [0, 0.05) is 36.8 Å². The van der Waals surface area contributed by atoms with Crippen molar-refractivity contribution >= 4 is 27.5 Å². The maximum absolute atomic E-state index is 12.1. The second kappa shape index (κ2) is 6.39. The van der Waals surface area contributed by atoms with Gasteiger partial charge in [0.15, 0.2) is 0 Å². The number of hydrogen-bond acceptors (Lipinski definition) is 3. The molecule has 104 valence electrons. The van der Waals surface area contributed by atoms with Crippen LogP contribution in [0.1, 0.15) is 18.4 Å². The molecule has 1 aliphatic rings. The average molecular weight is 326 g/mol. The lowest BCUT2D eigenvalue weighted by Crippen LogP contribution is -2.37. The van der Waals surface area contributed by atoms with E-state index in [4.69, 9.17) is 5.73 Å². The second-order valence-corrected chi connectivity index (χ2v) is 5.84. The Balaban J connectivity index is 2.06. The zero-order valence-corrected chi connectivity index (χ0v) is 12.8. The average Bonchev–Trinajstić information content (AvgIpc) is 2.92. The van der Waals surface area contributed by atoms with Crippen LogP contribution in [0.2, 0.25) is 0 Å². The Bertz CT molecular complexity index is 458. The normalized spacial score (nSPS) is 14.8. The molecule has 19 heavy (non-hydrogen) atoms. The molecule has 0 radical (unpaired) electrons. The summed E-state index contributed by atoms with van der Waals surface area (Å²) in [5, 5.41) is 0. The summed E-state index contributed by atoms with van der Waals surface area (Å²) in [6.07, 6.45) is 2.25. The van der Waals surface area contributed by atoms with E-state index >= 15 is 0 Å². The van der Waals surface area contributed by atoms with Gasteiger partial charge in [-0.3, -0.25) is 4.79 Å². The van der Waals surface area contributed by atoms with Crippen LogP contribution in [-0.2, 0) is 11.3 Å². The molecule has 1 heterocycles. The summed E-state index contributed by atoms with van der Waals surface area (Å²) in [6.45, 7) is 2.68. The number of carbonyl (C=O) groups is 1. The molecule has 0 aliphatic carbocycles. The quantitative estimate of drug-likeness (QED) is 0.920. The lowest BCUT2D eigenvalue weighted by Gasteiger charge is -2.24. The lowest BCUT2D eigenvalue weighted by molar-refractivity contribution is -0.128. The van der Waals surface area contributed by atoms with Gasteiger partial charge in [0.25, 0.3) is 0 Å². The van der Waals surface area contributed by atoms with Crippen molar-refractivity contribution in [3.8, 4) is 0 Å². The Morgan fingerprint density at radius 1 is 1.42 bits per heavy atom. The zero-order valence-electron chi connectivity index (χ0n) is 11.2. The molecule has 0 saturated carbocycles. The minimum absolute atomic E-state index is 0.200. The third kappa shape index (κ3) is 3.48. The number of benzene rings is 1. The van der Waals surface area contributed by atoms with Crippen molar-refractivity contribution in [1.29, 1.82) is 0 Å². The number of carbonyl (C=O) groups excluding carboxylic acids is 1. The molecule has 0 unspecified atom stereocenters. The van der Waals surface area contributed by atoms with Crippen LogP contribution < -0.4 is 10.6 Å². The van der Waals surface area contributed by atoms with E-state index in [0.29, 0.717) is 13.1 Å². The summed E-state index contributed by atoms with van der Waals surface area (Å²) in [5.41, 5.74) is 7.84. The van der Waals surface area contributed by atoms with E-state index in [1.807, 2.05) is 35.0 Å². The zero-order chi connectivity index (χ0) is 13.8. The van der Waals surface area contributed by atoms with Gasteiger partial charge in [-0.15, -0.1) is 0 Å². The van der Waals surface area contributed by atoms with Gasteiger partial charge in [-0.1, -0.05) is 15.9 Å². The van der Waals surface area contributed by atoms with Crippen LogP contribution in [0.4, 0.5) is 5.69 Å². The monoisotopic (exact) mass is 325 g/mol.